The van der Waals surface area contributed by atoms with Crippen LogP contribution < -0.4 is 5.32 Å². The molecule has 0 bridgehead atoms. The molecule has 1 aliphatic heterocycles. The van der Waals surface area contributed by atoms with Crippen molar-refractivity contribution in [2.75, 3.05) is 13.1 Å². The van der Waals surface area contributed by atoms with Crippen molar-refractivity contribution in [3.63, 3.8) is 0 Å². The second-order valence-electron chi connectivity index (χ2n) is 5.98. The molecule has 2 heterocycles. The summed E-state index contributed by atoms with van der Waals surface area (Å²) in [5.41, 5.74) is 1.11. The van der Waals surface area contributed by atoms with E-state index in [1.54, 1.807) is 11.2 Å². The average molecular weight is 290 g/mol. The van der Waals surface area contributed by atoms with Crippen LogP contribution in [0, 0.1) is 5.92 Å². The molecule has 1 saturated heterocycles. The Balaban J connectivity index is 1.73. The van der Waals surface area contributed by atoms with E-state index in [0.717, 1.165) is 18.5 Å². The maximum Gasteiger partial charge on any atom is 0.242 e. The number of nitrogens with zero attached hydrogens (tertiary/aromatic N) is 3. The molecule has 0 aromatic carbocycles. The van der Waals surface area contributed by atoms with Gasteiger partial charge in [-0.05, 0) is 19.3 Å². The highest BCUT2D eigenvalue weighted by atomic mass is 16.2. The number of amides is 2. The van der Waals surface area contributed by atoms with Crippen LogP contribution in [0.25, 0.3) is 0 Å². The largest absolute Gasteiger partial charge is 0.354 e. The van der Waals surface area contributed by atoms with Crippen molar-refractivity contribution in [3.8, 4) is 0 Å². The van der Waals surface area contributed by atoms with Crippen LogP contribution in [0.15, 0.2) is 12.5 Å². The van der Waals surface area contributed by atoms with Gasteiger partial charge in [-0.15, -0.1) is 0 Å². The molecule has 2 amide bonds. The lowest BCUT2D eigenvalue weighted by Crippen LogP contribution is -2.47. The molecule has 1 aliphatic carbocycles. The fraction of sp³-hybridized carbons (Fsp3) is 0.667. The molecule has 1 saturated carbocycles. The molecular weight excluding hydrogens is 268 g/mol. The summed E-state index contributed by atoms with van der Waals surface area (Å²) in [6.07, 6.45) is 5.97. The molecule has 0 unspecified atom stereocenters. The van der Waals surface area contributed by atoms with E-state index in [2.05, 4.69) is 10.3 Å². The molecule has 0 spiro atoms. The normalized spacial score (nSPS) is 29.0. The molecule has 1 aromatic rings. The molecule has 6 nitrogen and oxygen atoms in total. The van der Waals surface area contributed by atoms with Gasteiger partial charge in [0, 0.05) is 43.9 Å². The number of imidazole rings is 1. The second-order valence-corrected chi connectivity index (χ2v) is 5.98. The van der Waals surface area contributed by atoms with E-state index in [1.807, 2.05) is 24.7 Å². The van der Waals surface area contributed by atoms with Gasteiger partial charge in [0.15, 0.2) is 0 Å². The summed E-state index contributed by atoms with van der Waals surface area (Å²) in [5.74, 6) is 0.389. The zero-order valence-corrected chi connectivity index (χ0v) is 12.6. The van der Waals surface area contributed by atoms with Gasteiger partial charge in [-0.2, -0.15) is 0 Å². The van der Waals surface area contributed by atoms with Crippen molar-refractivity contribution in [1.82, 2.24) is 19.8 Å². The summed E-state index contributed by atoms with van der Waals surface area (Å²) in [7, 11) is 1.95. The summed E-state index contributed by atoms with van der Waals surface area (Å²) < 4.78 is 1.98. The predicted molar refractivity (Wildman–Crippen MR) is 77.5 cm³/mol. The van der Waals surface area contributed by atoms with Crippen molar-refractivity contribution < 1.29 is 9.59 Å². The number of rotatable bonds is 3. The number of aromatic nitrogens is 2. The number of hydrogen-bond acceptors (Lipinski definition) is 3. The molecular formula is C15H22N4O2. The van der Waals surface area contributed by atoms with Gasteiger partial charge in [0.1, 0.15) is 6.04 Å². The fourth-order valence-electron chi connectivity index (χ4n) is 3.28. The maximum absolute atomic E-state index is 12.8. The van der Waals surface area contributed by atoms with Gasteiger partial charge in [-0.25, -0.2) is 4.98 Å². The zero-order chi connectivity index (χ0) is 15.0. The molecule has 1 N–H and O–H groups in total. The lowest BCUT2D eigenvalue weighted by molar-refractivity contribution is -0.140. The SMILES string of the molecule is CC[C@H]1C(=O)NCCCN1C(=O)[C@@H]1C[C@H]1c1cncn1C. The van der Waals surface area contributed by atoms with Crippen molar-refractivity contribution in [2.45, 2.75) is 38.1 Å². The third kappa shape index (κ3) is 2.54. The van der Waals surface area contributed by atoms with E-state index in [1.165, 1.54) is 0 Å². The lowest BCUT2D eigenvalue weighted by atomic mass is 10.1. The Morgan fingerprint density at radius 3 is 3.00 bits per heavy atom. The number of hydrogen-bond donors (Lipinski definition) is 1. The summed E-state index contributed by atoms with van der Waals surface area (Å²) in [4.78, 5) is 30.7. The van der Waals surface area contributed by atoms with Crippen molar-refractivity contribution in [3.05, 3.63) is 18.2 Å². The van der Waals surface area contributed by atoms with Crippen LogP contribution in [0.2, 0.25) is 0 Å². The van der Waals surface area contributed by atoms with Gasteiger partial charge in [-0.3, -0.25) is 9.59 Å². The Bertz CT molecular complexity index is 554. The molecule has 0 radical (unpaired) electrons. The molecule has 2 fully saturated rings. The van der Waals surface area contributed by atoms with Crippen molar-refractivity contribution in [1.29, 1.82) is 0 Å². The highest BCUT2D eigenvalue weighted by molar-refractivity contribution is 5.90. The monoisotopic (exact) mass is 290 g/mol. The van der Waals surface area contributed by atoms with E-state index in [9.17, 15) is 9.59 Å². The average Bonchev–Trinajstić information content (AvgIpc) is 3.19. The lowest BCUT2D eigenvalue weighted by Gasteiger charge is -2.27. The molecule has 114 valence electrons. The predicted octanol–water partition coefficient (Wildman–Crippen LogP) is 0.651. The number of carbonyl (C=O) groups excluding carboxylic acids is 2. The Morgan fingerprint density at radius 2 is 2.33 bits per heavy atom. The summed E-state index contributed by atoms with van der Waals surface area (Å²) in [6.45, 7) is 3.29. The van der Waals surface area contributed by atoms with E-state index in [0.29, 0.717) is 19.5 Å². The van der Waals surface area contributed by atoms with Crippen molar-refractivity contribution in [2.24, 2.45) is 13.0 Å². The molecule has 21 heavy (non-hydrogen) atoms. The summed E-state index contributed by atoms with van der Waals surface area (Å²) in [6, 6.07) is -0.312. The van der Waals surface area contributed by atoms with Gasteiger partial charge < -0.3 is 14.8 Å². The van der Waals surface area contributed by atoms with Gasteiger partial charge in [0.05, 0.1) is 6.33 Å². The van der Waals surface area contributed by atoms with Crippen LogP contribution in [0.5, 0.6) is 0 Å². The van der Waals surface area contributed by atoms with Crippen LogP contribution >= 0.6 is 0 Å². The molecule has 6 heteroatoms. The molecule has 3 rings (SSSR count). The summed E-state index contributed by atoms with van der Waals surface area (Å²) >= 11 is 0. The van der Waals surface area contributed by atoms with Gasteiger partial charge >= 0.3 is 0 Å². The minimum absolute atomic E-state index is 0.0129. The Kier molecular flexibility index (Phi) is 3.69. The first-order valence-electron chi connectivity index (χ1n) is 7.68. The first kappa shape index (κ1) is 14.1. The number of carbonyl (C=O) groups is 2. The quantitative estimate of drug-likeness (QED) is 0.889. The molecule has 1 aromatic heterocycles. The van der Waals surface area contributed by atoms with Gasteiger partial charge in [0.25, 0.3) is 0 Å². The van der Waals surface area contributed by atoms with Crippen LogP contribution in [0.3, 0.4) is 0 Å². The van der Waals surface area contributed by atoms with Crippen LogP contribution in [0.4, 0.5) is 0 Å². The standard InChI is InChI=1S/C15H22N4O2/c1-3-12-14(20)17-5-4-6-19(12)15(21)11-7-10(11)13-8-16-9-18(13)2/h8-12H,3-7H2,1-2H3,(H,17,20)/t10-,11-,12+/m1/s1. The summed E-state index contributed by atoms with van der Waals surface area (Å²) in [5, 5.41) is 2.89. The minimum atomic E-state index is -0.312. The molecule has 2 aliphatic rings. The third-order valence-corrected chi connectivity index (χ3v) is 4.57. The van der Waals surface area contributed by atoms with E-state index < -0.39 is 0 Å². The van der Waals surface area contributed by atoms with Crippen LogP contribution in [-0.2, 0) is 16.6 Å². The topological polar surface area (TPSA) is 67.2 Å². The third-order valence-electron chi connectivity index (χ3n) is 4.57. The van der Waals surface area contributed by atoms with Crippen LogP contribution in [-0.4, -0.2) is 45.4 Å². The van der Waals surface area contributed by atoms with Crippen molar-refractivity contribution >= 4 is 11.8 Å². The highest BCUT2D eigenvalue weighted by Gasteiger charge is 2.48. The minimum Gasteiger partial charge on any atom is -0.354 e. The van der Waals surface area contributed by atoms with Crippen LogP contribution in [0.1, 0.15) is 37.8 Å². The molecule has 3 atom stereocenters. The Labute approximate surface area is 124 Å². The fourth-order valence-corrected chi connectivity index (χ4v) is 3.28. The van der Waals surface area contributed by atoms with Gasteiger partial charge in [-0.1, -0.05) is 6.92 Å². The number of aryl methyl sites for hydroxylation is 1. The maximum atomic E-state index is 12.8. The smallest absolute Gasteiger partial charge is 0.242 e. The zero-order valence-electron chi connectivity index (χ0n) is 12.6. The highest BCUT2D eigenvalue weighted by Crippen LogP contribution is 2.48. The van der Waals surface area contributed by atoms with E-state index in [4.69, 9.17) is 0 Å². The van der Waals surface area contributed by atoms with E-state index in [-0.39, 0.29) is 29.7 Å². The van der Waals surface area contributed by atoms with E-state index >= 15 is 0 Å². The first-order chi connectivity index (χ1) is 10.1. The number of nitrogens with one attached hydrogen (secondary N) is 1. The Hall–Kier alpha value is -1.85. The van der Waals surface area contributed by atoms with Gasteiger partial charge in [0.2, 0.25) is 11.8 Å². The Morgan fingerprint density at radius 1 is 1.52 bits per heavy atom. The first-order valence-corrected chi connectivity index (χ1v) is 7.68. The second kappa shape index (κ2) is 5.50.